The first-order valence-electron chi connectivity index (χ1n) is 14.9. The summed E-state index contributed by atoms with van der Waals surface area (Å²) in [5.41, 5.74) is 13.1. The normalized spacial score (nSPS) is 16.4. The first kappa shape index (κ1) is 22.5. The van der Waals surface area contributed by atoms with Crippen molar-refractivity contribution in [1.29, 1.82) is 0 Å². The number of anilines is 3. The molecule has 10 rings (SSSR count). The van der Waals surface area contributed by atoms with E-state index in [0.717, 1.165) is 6.42 Å². The molecule has 1 atom stereocenters. The molecule has 0 bridgehead atoms. The Kier molecular flexibility index (Phi) is 4.37. The van der Waals surface area contributed by atoms with Gasteiger partial charge >= 0.3 is 0 Å². The van der Waals surface area contributed by atoms with Gasteiger partial charge in [0.25, 0.3) is 6.71 Å². The van der Waals surface area contributed by atoms with Gasteiger partial charge in [0.1, 0.15) is 0 Å². The lowest BCUT2D eigenvalue weighted by Gasteiger charge is -2.39. The van der Waals surface area contributed by atoms with Crippen molar-refractivity contribution >= 4 is 73.0 Å². The molecule has 2 aliphatic heterocycles. The third-order valence-corrected chi connectivity index (χ3v) is 9.59. The second-order valence-corrected chi connectivity index (χ2v) is 11.6. The van der Waals surface area contributed by atoms with Crippen molar-refractivity contribution in [2.45, 2.75) is 12.5 Å². The van der Waals surface area contributed by atoms with Crippen LogP contribution in [0.15, 0.2) is 140 Å². The topological polar surface area (TPSA) is 13.1 Å². The maximum absolute atomic E-state index is 2.65. The summed E-state index contributed by atoms with van der Waals surface area (Å²) in [4.78, 5) is 2.54. The van der Waals surface area contributed by atoms with E-state index in [4.69, 9.17) is 0 Å². The summed E-state index contributed by atoms with van der Waals surface area (Å²) in [7, 11) is 0. The highest BCUT2D eigenvalue weighted by Crippen LogP contribution is 2.46. The Labute approximate surface area is 244 Å². The zero-order valence-electron chi connectivity index (χ0n) is 23.0. The van der Waals surface area contributed by atoms with Crippen molar-refractivity contribution in [3.05, 3.63) is 140 Å². The predicted octanol–water partition coefficient (Wildman–Crippen LogP) is 7.41. The molecule has 5 aromatic carbocycles. The van der Waals surface area contributed by atoms with Crippen LogP contribution in [-0.2, 0) is 0 Å². The van der Waals surface area contributed by atoms with Crippen molar-refractivity contribution in [1.82, 2.24) is 9.13 Å². The van der Waals surface area contributed by atoms with Crippen LogP contribution in [0, 0.1) is 0 Å². The lowest BCUT2D eigenvalue weighted by molar-refractivity contribution is 0.642. The molecule has 1 aliphatic carbocycles. The fourth-order valence-electron chi connectivity index (χ4n) is 8.04. The monoisotopic (exact) mass is 535 g/mol. The Morgan fingerprint density at radius 3 is 2.24 bits per heavy atom. The summed E-state index contributed by atoms with van der Waals surface area (Å²) in [5.74, 6) is 0. The van der Waals surface area contributed by atoms with Gasteiger partial charge in [-0.05, 0) is 53.7 Å². The van der Waals surface area contributed by atoms with Crippen LogP contribution in [-0.4, -0.2) is 15.8 Å². The molecule has 2 aromatic heterocycles. The molecule has 0 amide bonds. The van der Waals surface area contributed by atoms with Crippen LogP contribution in [0.1, 0.15) is 12.5 Å². The van der Waals surface area contributed by atoms with Gasteiger partial charge in [0.15, 0.2) is 0 Å². The average Bonchev–Trinajstić information content (AvgIpc) is 3.58. The first-order valence-corrected chi connectivity index (χ1v) is 14.9. The molecule has 3 aliphatic rings. The number of para-hydroxylation sites is 4. The summed E-state index contributed by atoms with van der Waals surface area (Å²) < 4.78 is 5.18. The zero-order valence-corrected chi connectivity index (χ0v) is 23.0. The number of hydrogen-bond donors (Lipinski definition) is 0. The van der Waals surface area contributed by atoms with Crippen molar-refractivity contribution in [2.75, 3.05) is 4.90 Å². The molecule has 1 unspecified atom stereocenters. The van der Waals surface area contributed by atoms with Gasteiger partial charge in [0.05, 0.1) is 28.3 Å². The lowest BCUT2D eigenvalue weighted by atomic mass is 9.35. The molecule has 7 aromatic rings. The minimum atomic E-state index is 0.110. The Morgan fingerprint density at radius 1 is 0.619 bits per heavy atom. The summed E-state index contributed by atoms with van der Waals surface area (Å²) in [6, 6.07) is 42.9. The lowest BCUT2D eigenvalue weighted by Crippen LogP contribution is -2.62. The van der Waals surface area contributed by atoms with Gasteiger partial charge < -0.3 is 14.0 Å². The highest BCUT2D eigenvalue weighted by atomic mass is 15.2. The molecule has 3 nitrogen and oxygen atoms in total. The van der Waals surface area contributed by atoms with E-state index in [1.165, 1.54) is 72.0 Å². The Balaban J connectivity index is 1.45. The van der Waals surface area contributed by atoms with E-state index in [-0.39, 0.29) is 12.8 Å². The number of fused-ring (bicyclic) bond motifs is 10. The van der Waals surface area contributed by atoms with Gasteiger partial charge in [-0.3, -0.25) is 0 Å². The van der Waals surface area contributed by atoms with Crippen molar-refractivity contribution in [3.8, 4) is 5.69 Å². The quantitative estimate of drug-likeness (QED) is 0.210. The second-order valence-electron chi connectivity index (χ2n) is 11.6. The Hall–Kier alpha value is -5.22. The van der Waals surface area contributed by atoms with Crippen molar-refractivity contribution in [2.24, 2.45) is 0 Å². The third kappa shape index (κ3) is 2.72. The van der Waals surface area contributed by atoms with Crippen LogP contribution in [0.2, 0.25) is 0 Å². The molecule has 4 heteroatoms. The minimum absolute atomic E-state index is 0.110. The SMILES string of the molecule is C1=CCC(n2c3c(c4ccccc42)N(c2ccccc2)c2ccc4c5ccccc5n5c4c2B3c2ccccc2-5)C=C1. The van der Waals surface area contributed by atoms with E-state index in [2.05, 4.69) is 154 Å². The minimum Gasteiger partial charge on any atom is -0.343 e. The highest BCUT2D eigenvalue weighted by Gasteiger charge is 2.45. The summed E-state index contributed by atoms with van der Waals surface area (Å²) in [6.45, 7) is 0.110. The van der Waals surface area contributed by atoms with Gasteiger partial charge in [-0.1, -0.05) is 103 Å². The smallest absolute Gasteiger partial charge is 0.272 e. The standard InChI is InChI=1S/C38H26BN3/c1-3-13-25(14-4-1)40-34-24-23-28-27-17-7-10-20-31(27)42-33-22-12-9-19-30(33)39(35(34)36(28)42)38-37(40)29-18-8-11-21-32(29)41(38)26-15-5-2-6-16-26/h1-15,17-24,26H,16H2. The van der Waals surface area contributed by atoms with Crippen LogP contribution in [0.3, 0.4) is 0 Å². The first-order chi connectivity index (χ1) is 20.9. The number of aromatic nitrogens is 2. The number of benzene rings is 5. The molecule has 0 N–H and O–H groups in total. The van der Waals surface area contributed by atoms with Crippen molar-refractivity contribution in [3.63, 3.8) is 0 Å². The Morgan fingerprint density at radius 2 is 1.38 bits per heavy atom. The number of allylic oxidation sites excluding steroid dienone is 4. The van der Waals surface area contributed by atoms with Crippen LogP contribution in [0.4, 0.5) is 17.1 Å². The fraction of sp³-hybridized carbons (Fsp3) is 0.0526. The van der Waals surface area contributed by atoms with E-state index < -0.39 is 0 Å². The van der Waals surface area contributed by atoms with Gasteiger partial charge in [-0.2, -0.15) is 0 Å². The molecule has 0 saturated carbocycles. The number of nitrogens with zero attached hydrogens (tertiary/aromatic N) is 3. The number of hydrogen-bond acceptors (Lipinski definition) is 1. The van der Waals surface area contributed by atoms with E-state index in [1.807, 2.05) is 0 Å². The molecule has 0 saturated heterocycles. The molecule has 0 fully saturated rings. The van der Waals surface area contributed by atoms with Gasteiger partial charge in [-0.15, -0.1) is 0 Å². The van der Waals surface area contributed by atoms with E-state index in [9.17, 15) is 0 Å². The molecule has 4 heterocycles. The average molecular weight is 535 g/mol. The van der Waals surface area contributed by atoms with Crippen LogP contribution in [0.25, 0.3) is 38.4 Å². The molecule has 196 valence electrons. The maximum atomic E-state index is 2.65. The summed E-state index contributed by atoms with van der Waals surface area (Å²) >= 11 is 0. The van der Waals surface area contributed by atoms with Crippen LogP contribution < -0.4 is 21.4 Å². The third-order valence-electron chi connectivity index (χ3n) is 9.59. The van der Waals surface area contributed by atoms with Gasteiger partial charge in [0.2, 0.25) is 0 Å². The number of rotatable bonds is 2. The molecule has 0 spiro atoms. The fourth-order valence-corrected chi connectivity index (χ4v) is 8.04. The highest BCUT2D eigenvalue weighted by molar-refractivity contribution is 7.00. The van der Waals surface area contributed by atoms with E-state index in [1.54, 1.807) is 0 Å². The van der Waals surface area contributed by atoms with Gasteiger partial charge in [-0.25, -0.2) is 0 Å². The molecule has 42 heavy (non-hydrogen) atoms. The van der Waals surface area contributed by atoms with Crippen molar-refractivity contribution < 1.29 is 0 Å². The van der Waals surface area contributed by atoms with E-state index >= 15 is 0 Å². The largest absolute Gasteiger partial charge is 0.343 e. The molecular formula is C38H26BN3. The zero-order chi connectivity index (χ0) is 27.4. The predicted molar refractivity (Wildman–Crippen MR) is 178 cm³/mol. The van der Waals surface area contributed by atoms with E-state index in [0.29, 0.717) is 0 Å². The van der Waals surface area contributed by atoms with Crippen LogP contribution >= 0.6 is 0 Å². The van der Waals surface area contributed by atoms with Gasteiger partial charge in [0, 0.05) is 38.8 Å². The molecule has 0 radical (unpaired) electrons. The Bertz CT molecular complexity index is 2300. The molecular weight excluding hydrogens is 509 g/mol. The maximum Gasteiger partial charge on any atom is 0.272 e. The summed E-state index contributed by atoms with van der Waals surface area (Å²) in [6.07, 6.45) is 10.1. The second kappa shape index (κ2) is 8.17. The van der Waals surface area contributed by atoms with Crippen LogP contribution in [0.5, 0.6) is 0 Å². The summed E-state index contributed by atoms with van der Waals surface area (Å²) in [5, 5.41) is 3.93.